The summed E-state index contributed by atoms with van der Waals surface area (Å²) >= 11 is 0. The summed E-state index contributed by atoms with van der Waals surface area (Å²) in [5.74, 6) is 0.680. The van der Waals surface area contributed by atoms with Gasteiger partial charge in [-0.25, -0.2) is 4.98 Å². The zero-order valence-corrected chi connectivity index (χ0v) is 12.1. The maximum atomic E-state index is 9.03. The van der Waals surface area contributed by atoms with Crippen LogP contribution in [-0.2, 0) is 6.42 Å². The second kappa shape index (κ2) is 6.92. The Labute approximate surface area is 127 Å². The van der Waals surface area contributed by atoms with Crippen molar-refractivity contribution in [3.63, 3.8) is 0 Å². The molecule has 0 unspecified atom stereocenters. The Bertz CT molecular complexity index is 826. The van der Waals surface area contributed by atoms with Crippen LogP contribution in [0.4, 0.5) is 5.69 Å². The molecule has 0 saturated heterocycles. The van der Waals surface area contributed by atoms with Crippen LogP contribution in [0.2, 0.25) is 0 Å². The molecule has 0 saturated carbocycles. The van der Waals surface area contributed by atoms with Gasteiger partial charge in [0.2, 0.25) is 0 Å². The number of nitrogens with zero attached hydrogens (tertiary/aromatic N) is 4. The first-order chi connectivity index (χ1) is 10.7. The summed E-state index contributed by atoms with van der Waals surface area (Å²) < 4.78 is 5.66. The monoisotopic (exact) mass is 291 g/mol. The first-order valence-electron chi connectivity index (χ1n) is 6.82. The number of benzene rings is 1. The highest BCUT2D eigenvalue weighted by molar-refractivity contribution is 5.78. The van der Waals surface area contributed by atoms with Crippen molar-refractivity contribution in [2.75, 3.05) is 5.32 Å². The molecule has 22 heavy (non-hydrogen) atoms. The van der Waals surface area contributed by atoms with Gasteiger partial charge in [-0.3, -0.25) is 0 Å². The third-order valence-corrected chi connectivity index (χ3v) is 3.03. The van der Waals surface area contributed by atoms with Gasteiger partial charge < -0.3 is 9.73 Å². The van der Waals surface area contributed by atoms with Crippen molar-refractivity contribution in [1.29, 1.82) is 15.8 Å². The molecule has 1 N–H and O–H groups in total. The second-order valence-electron chi connectivity index (χ2n) is 4.60. The molecule has 0 aliphatic heterocycles. The normalized spacial score (nSPS) is 9.55. The Kier molecular flexibility index (Phi) is 4.75. The van der Waals surface area contributed by atoms with E-state index in [4.69, 9.17) is 20.2 Å². The highest BCUT2D eigenvalue weighted by atomic mass is 16.3. The molecule has 6 nitrogen and oxygen atoms in total. The lowest BCUT2D eigenvalue weighted by molar-refractivity contribution is 0.518. The number of oxazole rings is 1. The molecule has 0 fully saturated rings. The number of hydrogen-bond acceptors (Lipinski definition) is 6. The smallest absolute Gasteiger partial charge is 0.195 e. The summed E-state index contributed by atoms with van der Waals surface area (Å²) in [7, 11) is 0. The van der Waals surface area contributed by atoms with E-state index in [0.29, 0.717) is 17.2 Å². The lowest BCUT2D eigenvalue weighted by atomic mass is 10.2. The summed E-state index contributed by atoms with van der Waals surface area (Å²) in [4.78, 5) is 4.38. The van der Waals surface area contributed by atoms with Gasteiger partial charge in [-0.15, -0.1) is 0 Å². The molecule has 0 spiro atoms. The third-order valence-electron chi connectivity index (χ3n) is 3.03. The van der Waals surface area contributed by atoms with E-state index in [0.717, 1.165) is 24.8 Å². The summed E-state index contributed by atoms with van der Waals surface area (Å²) in [6.07, 6.45) is 2.85. The Morgan fingerprint density at radius 2 is 2.00 bits per heavy atom. The lowest BCUT2D eigenvalue weighted by Gasteiger charge is -2.03. The van der Waals surface area contributed by atoms with Crippen molar-refractivity contribution >= 4 is 16.8 Å². The van der Waals surface area contributed by atoms with Crippen LogP contribution < -0.4 is 5.32 Å². The average Bonchev–Trinajstić information content (AvgIpc) is 2.95. The Morgan fingerprint density at radius 3 is 2.64 bits per heavy atom. The quantitative estimate of drug-likeness (QED) is 0.845. The molecule has 108 valence electrons. The van der Waals surface area contributed by atoms with Crippen LogP contribution in [0.5, 0.6) is 0 Å². The predicted octanol–water partition coefficient (Wildman–Crippen LogP) is 3.41. The number of rotatable bonds is 5. The lowest BCUT2D eigenvalue weighted by Crippen LogP contribution is -2.00. The van der Waals surface area contributed by atoms with Crippen LogP contribution in [0, 0.1) is 34.0 Å². The molecule has 6 heteroatoms. The molecule has 0 amide bonds. The van der Waals surface area contributed by atoms with E-state index in [1.54, 1.807) is 30.3 Å². The summed E-state index contributed by atoms with van der Waals surface area (Å²) in [5.41, 5.74) is 1.55. The zero-order chi connectivity index (χ0) is 15.9. The minimum Gasteiger partial charge on any atom is -0.441 e. The van der Waals surface area contributed by atoms with Crippen molar-refractivity contribution in [3.05, 3.63) is 35.4 Å². The van der Waals surface area contributed by atoms with Gasteiger partial charge in [0, 0.05) is 18.2 Å². The molecular weight excluding hydrogens is 278 g/mol. The summed E-state index contributed by atoms with van der Waals surface area (Å²) in [6, 6.07) is 10.4. The van der Waals surface area contributed by atoms with E-state index in [1.807, 2.05) is 6.07 Å². The molecule has 2 rings (SSSR count). The van der Waals surface area contributed by atoms with Crippen molar-refractivity contribution in [2.45, 2.75) is 26.2 Å². The summed E-state index contributed by atoms with van der Waals surface area (Å²) in [5, 5.41) is 29.4. The number of nitriles is 3. The highest BCUT2D eigenvalue weighted by Crippen LogP contribution is 2.22. The molecule has 1 heterocycles. The number of unbranched alkanes of at least 4 members (excludes halogenated alkanes) is 1. The van der Waals surface area contributed by atoms with Gasteiger partial charge in [-0.1, -0.05) is 13.3 Å². The van der Waals surface area contributed by atoms with Gasteiger partial charge in [0.1, 0.15) is 29.4 Å². The first kappa shape index (κ1) is 15.1. The number of nitrogens with one attached hydrogen (secondary N) is 1. The molecule has 0 radical (unpaired) electrons. The Balaban J connectivity index is 2.30. The van der Waals surface area contributed by atoms with Crippen molar-refractivity contribution in [3.8, 4) is 18.2 Å². The number of anilines is 1. The number of allylic oxidation sites excluding steroid dienone is 2. The number of fused-ring (bicyclic) bond motifs is 1. The van der Waals surface area contributed by atoms with E-state index in [2.05, 4.69) is 17.2 Å². The number of hydrogen-bond donors (Lipinski definition) is 1. The van der Waals surface area contributed by atoms with Crippen LogP contribution >= 0.6 is 0 Å². The van der Waals surface area contributed by atoms with Crippen LogP contribution in [-0.4, -0.2) is 4.98 Å². The fourth-order valence-electron chi connectivity index (χ4n) is 1.91. The van der Waals surface area contributed by atoms with E-state index in [1.165, 1.54) is 0 Å². The molecular formula is C16H13N5O. The van der Waals surface area contributed by atoms with E-state index >= 15 is 0 Å². The van der Waals surface area contributed by atoms with Crippen molar-refractivity contribution in [1.82, 2.24) is 4.98 Å². The average molecular weight is 291 g/mol. The van der Waals surface area contributed by atoms with E-state index in [9.17, 15) is 0 Å². The topological polar surface area (TPSA) is 109 Å². The molecule has 2 aromatic rings. The van der Waals surface area contributed by atoms with Gasteiger partial charge in [0.25, 0.3) is 0 Å². The largest absolute Gasteiger partial charge is 0.441 e. The fourth-order valence-corrected chi connectivity index (χ4v) is 1.91. The second-order valence-corrected chi connectivity index (χ2v) is 4.60. The van der Waals surface area contributed by atoms with Gasteiger partial charge in [-0.05, 0) is 18.6 Å². The van der Waals surface area contributed by atoms with Gasteiger partial charge in [0.15, 0.2) is 17.0 Å². The Hall–Kier alpha value is -3.30. The molecule has 1 aromatic heterocycles. The van der Waals surface area contributed by atoms with Crippen molar-refractivity contribution < 1.29 is 4.42 Å². The standard InChI is InChI=1S/C16H13N5O/c1-2-3-4-16-21-13-6-5-12(7-15(13)22-16)20-14(10-19)11(8-17)9-18/h5-7,20H,2-4H2,1H3. The van der Waals surface area contributed by atoms with Crippen LogP contribution in [0.3, 0.4) is 0 Å². The Morgan fingerprint density at radius 1 is 1.23 bits per heavy atom. The molecule has 0 aliphatic carbocycles. The van der Waals surface area contributed by atoms with Gasteiger partial charge in [-0.2, -0.15) is 15.8 Å². The maximum absolute atomic E-state index is 9.03. The molecule has 0 aliphatic rings. The third kappa shape index (κ3) is 3.23. The van der Waals surface area contributed by atoms with Gasteiger partial charge >= 0.3 is 0 Å². The van der Waals surface area contributed by atoms with E-state index in [-0.39, 0.29) is 11.3 Å². The fraction of sp³-hybridized carbons (Fsp3) is 0.250. The predicted molar refractivity (Wildman–Crippen MR) is 80.1 cm³/mol. The molecule has 0 atom stereocenters. The minimum absolute atomic E-state index is 0.0879. The molecule has 1 aromatic carbocycles. The highest BCUT2D eigenvalue weighted by Gasteiger charge is 2.09. The number of aryl methyl sites for hydroxylation is 1. The van der Waals surface area contributed by atoms with Crippen LogP contribution in [0.15, 0.2) is 33.9 Å². The SMILES string of the molecule is CCCCc1nc2ccc(NC(C#N)=C(C#N)C#N)cc2o1. The van der Waals surface area contributed by atoms with Crippen LogP contribution in [0.1, 0.15) is 25.7 Å². The van der Waals surface area contributed by atoms with Crippen molar-refractivity contribution in [2.24, 2.45) is 0 Å². The molecule has 0 bridgehead atoms. The maximum Gasteiger partial charge on any atom is 0.195 e. The number of aromatic nitrogens is 1. The summed E-state index contributed by atoms with van der Waals surface area (Å²) in [6.45, 7) is 2.10. The van der Waals surface area contributed by atoms with Gasteiger partial charge in [0.05, 0.1) is 0 Å². The first-order valence-corrected chi connectivity index (χ1v) is 6.82. The minimum atomic E-state index is -0.260. The zero-order valence-electron chi connectivity index (χ0n) is 12.1. The van der Waals surface area contributed by atoms with Crippen LogP contribution in [0.25, 0.3) is 11.1 Å². The van der Waals surface area contributed by atoms with E-state index < -0.39 is 0 Å².